The Kier molecular flexibility index (Phi) is 4.43. The lowest BCUT2D eigenvalue weighted by molar-refractivity contribution is -0.143. The second kappa shape index (κ2) is 7.14. The number of aliphatic hydroxyl groups is 1. The van der Waals surface area contributed by atoms with Crippen LogP contribution in [0.2, 0.25) is 0 Å². The van der Waals surface area contributed by atoms with Gasteiger partial charge in [-0.2, -0.15) is 0 Å². The standard InChI is InChI=1S/C22H21N5O3/c28-20(26-8-10-27(11-9-26)21(29)22(30)5-6-22)19-14-24-18(13-25-19)16-3-4-17-15(12-16)2-1-7-23-17/h1-4,7,12-14,30H,5-6,8-11H2. The molecule has 3 heterocycles. The highest BCUT2D eigenvalue weighted by Crippen LogP contribution is 2.37. The summed E-state index contributed by atoms with van der Waals surface area (Å²) in [5.41, 5.74) is 1.62. The number of rotatable bonds is 3. The van der Waals surface area contributed by atoms with E-state index in [4.69, 9.17) is 0 Å². The lowest BCUT2D eigenvalue weighted by Gasteiger charge is -2.35. The molecular weight excluding hydrogens is 382 g/mol. The van der Waals surface area contributed by atoms with E-state index < -0.39 is 5.60 Å². The highest BCUT2D eigenvalue weighted by atomic mass is 16.3. The largest absolute Gasteiger partial charge is 0.380 e. The molecule has 2 aliphatic rings. The van der Waals surface area contributed by atoms with Gasteiger partial charge >= 0.3 is 0 Å². The highest BCUT2D eigenvalue weighted by Gasteiger charge is 2.50. The minimum Gasteiger partial charge on any atom is -0.380 e. The average Bonchev–Trinajstić information content (AvgIpc) is 3.56. The van der Waals surface area contributed by atoms with Crippen molar-refractivity contribution in [3.05, 3.63) is 54.6 Å². The number of fused-ring (bicyclic) bond motifs is 1. The molecule has 1 saturated carbocycles. The van der Waals surface area contributed by atoms with Crippen molar-refractivity contribution < 1.29 is 14.7 Å². The summed E-state index contributed by atoms with van der Waals surface area (Å²) in [6.45, 7) is 1.68. The SMILES string of the molecule is O=C(c1cnc(-c2ccc3ncccc3c2)cn1)N1CCN(C(=O)C2(O)CC2)CC1. The molecule has 8 heteroatoms. The monoisotopic (exact) mass is 403 g/mol. The topological polar surface area (TPSA) is 99.5 Å². The lowest BCUT2D eigenvalue weighted by Crippen LogP contribution is -2.53. The fourth-order valence-corrected chi connectivity index (χ4v) is 3.72. The number of hydrogen-bond acceptors (Lipinski definition) is 6. The molecule has 1 aliphatic carbocycles. The number of pyridine rings is 1. The van der Waals surface area contributed by atoms with E-state index in [-0.39, 0.29) is 17.5 Å². The fourth-order valence-electron chi connectivity index (χ4n) is 3.72. The summed E-state index contributed by atoms with van der Waals surface area (Å²) >= 11 is 0. The number of piperazine rings is 1. The Morgan fingerprint density at radius 1 is 0.933 bits per heavy atom. The van der Waals surface area contributed by atoms with Crippen LogP contribution in [0.4, 0.5) is 0 Å². The normalized spacial score (nSPS) is 17.8. The van der Waals surface area contributed by atoms with E-state index in [1.807, 2.05) is 30.3 Å². The van der Waals surface area contributed by atoms with Gasteiger partial charge in [0.1, 0.15) is 11.3 Å². The molecule has 1 saturated heterocycles. The van der Waals surface area contributed by atoms with Crippen molar-refractivity contribution in [3.8, 4) is 11.3 Å². The maximum Gasteiger partial charge on any atom is 0.274 e. The first-order valence-electron chi connectivity index (χ1n) is 10.0. The zero-order chi connectivity index (χ0) is 20.7. The average molecular weight is 403 g/mol. The number of nitrogens with zero attached hydrogens (tertiary/aromatic N) is 5. The summed E-state index contributed by atoms with van der Waals surface area (Å²) in [6, 6.07) is 9.74. The van der Waals surface area contributed by atoms with E-state index in [1.54, 1.807) is 22.2 Å². The summed E-state index contributed by atoms with van der Waals surface area (Å²) in [5, 5.41) is 11.0. The fraction of sp³-hybridized carbons (Fsp3) is 0.318. The maximum atomic E-state index is 12.8. The molecule has 0 unspecified atom stereocenters. The third-order valence-electron chi connectivity index (χ3n) is 5.75. The molecule has 0 bridgehead atoms. The summed E-state index contributed by atoms with van der Waals surface area (Å²) in [7, 11) is 0. The first-order valence-corrected chi connectivity index (χ1v) is 10.0. The van der Waals surface area contributed by atoms with Gasteiger partial charge < -0.3 is 14.9 Å². The summed E-state index contributed by atoms with van der Waals surface area (Å²) < 4.78 is 0. The van der Waals surface area contributed by atoms with Crippen LogP contribution in [0.25, 0.3) is 22.2 Å². The zero-order valence-electron chi connectivity index (χ0n) is 16.4. The number of carbonyl (C=O) groups excluding carboxylic acids is 2. The molecule has 0 radical (unpaired) electrons. The van der Waals surface area contributed by atoms with Crippen LogP contribution in [0.15, 0.2) is 48.9 Å². The molecule has 30 heavy (non-hydrogen) atoms. The molecule has 3 aromatic rings. The predicted octanol–water partition coefficient (Wildman–Crippen LogP) is 1.50. The van der Waals surface area contributed by atoms with Crippen molar-refractivity contribution in [2.24, 2.45) is 0 Å². The quantitative estimate of drug-likeness (QED) is 0.712. The second-order valence-corrected chi connectivity index (χ2v) is 7.81. The van der Waals surface area contributed by atoms with Crippen LogP contribution >= 0.6 is 0 Å². The second-order valence-electron chi connectivity index (χ2n) is 7.81. The number of amides is 2. The first-order chi connectivity index (χ1) is 14.5. The third kappa shape index (κ3) is 3.39. The van der Waals surface area contributed by atoms with Crippen molar-refractivity contribution in [1.29, 1.82) is 0 Å². The molecule has 2 amide bonds. The van der Waals surface area contributed by atoms with Crippen LogP contribution in [-0.4, -0.2) is 73.5 Å². The molecule has 1 aliphatic heterocycles. The van der Waals surface area contributed by atoms with Crippen LogP contribution < -0.4 is 0 Å². The van der Waals surface area contributed by atoms with Crippen LogP contribution in [-0.2, 0) is 4.79 Å². The number of carbonyl (C=O) groups is 2. The maximum absolute atomic E-state index is 12.8. The summed E-state index contributed by atoms with van der Waals surface area (Å²) in [4.78, 5) is 41.4. The van der Waals surface area contributed by atoms with Gasteiger partial charge in [-0.15, -0.1) is 0 Å². The molecule has 1 aromatic carbocycles. The van der Waals surface area contributed by atoms with Crippen molar-refractivity contribution in [2.45, 2.75) is 18.4 Å². The van der Waals surface area contributed by atoms with E-state index in [0.717, 1.165) is 16.5 Å². The molecule has 8 nitrogen and oxygen atoms in total. The van der Waals surface area contributed by atoms with E-state index in [2.05, 4.69) is 15.0 Å². The Morgan fingerprint density at radius 2 is 1.70 bits per heavy atom. The van der Waals surface area contributed by atoms with E-state index in [9.17, 15) is 14.7 Å². The Morgan fingerprint density at radius 3 is 2.40 bits per heavy atom. The van der Waals surface area contributed by atoms with Gasteiger partial charge in [0.25, 0.3) is 11.8 Å². The van der Waals surface area contributed by atoms with Crippen LogP contribution in [0.1, 0.15) is 23.3 Å². The number of hydrogen-bond donors (Lipinski definition) is 1. The molecular formula is C22H21N5O3. The van der Waals surface area contributed by atoms with E-state index in [0.29, 0.717) is 44.7 Å². The molecule has 0 spiro atoms. The van der Waals surface area contributed by atoms with Gasteiger partial charge in [-0.25, -0.2) is 4.98 Å². The molecule has 152 valence electrons. The van der Waals surface area contributed by atoms with Crippen LogP contribution in [0, 0.1) is 0 Å². The van der Waals surface area contributed by atoms with Crippen molar-refractivity contribution >= 4 is 22.7 Å². The summed E-state index contributed by atoms with van der Waals surface area (Å²) in [5.74, 6) is -0.418. The van der Waals surface area contributed by atoms with Gasteiger partial charge in [0, 0.05) is 43.3 Å². The van der Waals surface area contributed by atoms with Gasteiger partial charge in [0.15, 0.2) is 0 Å². The van der Waals surface area contributed by atoms with Crippen LogP contribution in [0.5, 0.6) is 0 Å². The Labute approximate surface area is 173 Å². The van der Waals surface area contributed by atoms with Crippen LogP contribution in [0.3, 0.4) is 0 Å². The third-order valence-corrected chi connectivity index (χ3v) is 5.75. The highest BCUT2D eigenvalue weighted by molar-refractivity contribution is 5.93. The van der Waals surface area contributed by atoms with E-state index >= 15 is 0 Å². The van der Waals surface area contributed by atoms with Gasteiger partial charge in [-0.05, 0) is 31.0 Å². The summed E-state index contributed by atoms with van der Waals surface area (Å²) in [6.07, 6.45) is 5.91. The molecule has 2 fully saturated rings. The minimum absolute atomic E-state index is 0.200. The number of benzene rings is 1. The Hall–Kier alpha value is -3.39. The van der Waals surface area contributed by atoms with Crippen molar-refractivity contribution in [1.82, 2.24) is 24.8 Å². The van der Waals surface area contributed by atoms with Gasteiger partial charge in [-0.1, -0.05) is 12.1 Å². The van der Waals surface area contributed by atoms with Gasteiger partial charge in [0.05, 0.1) is 23.6 Å². The molecule has 2 aromatic heterocycles. The minimum atomic E-state index is -1.16. The lowest BCUT2D eigenvalue weighted by atomic mass is 10.1. The Bertz CT molecular complexity index is 1120. The van der Waals surface area contributed by atoms with Crippen molar-refractivity contribution in [2.75, 3.05) is 26.2 Å². The Balaban J connectivity index is 1.26. The molecule has 5 rings (SSSR count). The first kappa shape index (κ1) is 18.6. The van der Waals surface area contributed by atoms with Gasteiger partial charge in [0.2, 0.25) is 0 Å². The molecule has 0 atom stereocenters. The molecule has 1 N–H and O–H groups in total. The zero-order valence-corrected chi connectivity index (χ0v) is 16.4. The predicted molar refractivity (Wildman–Crippen MR) is 109 cm³/mol. The van der Waals surface area contributed by atoms with Crippen molar-refractivity contribution in [3.63, 3.8) is 0 Å². The van der Waals surface area contributed by atoms with Gasteiger partial charge in [-0.3, -0.25) is 19.6 Å². The smallest absolute Gasteiger partial charge is 0.274 e. The number of aromatic nitrogens is 3. The van der Waals surface area contributed by atoms with E-state index in [1.165, 1.54) is 6.20 Å².